The highest BCUT2D eigenvalue weighted by molar-refractivity contribution is 5.55. The van der Waals surface area contributed by atoms with Gasteiger partial charge in [-0.3, -0.25) is 0 Å². The van der Waals surface area contributed by atoms with Crippen LogP contribution in [-0.4, -0.2) is 54.4 Å². The van der Waals surface area contributed by atoms with Crippen LogP contribution in [0, 0.1) is 0 Å². The molecule has 2 aromatic rings. The molecule has 1 atom stereocenters. The molecule has 5 nitrogen and oxygen atoms in total. The van der Waals surface area contributed by atoms with Crippen LogP contribution in [-0.2, 0) is 15.9 Å². The van der Waals surface area contributed by atoms with E-state index in [1.54, 1.807) is 12.4 Å². The minimum absolute atomic E-state index is 0.230. The van der Waals surface area contributed by atoms with Crippen LogP contribution in [0.2, 0.25) is 0 Å². The lowest BCUT2D eigenvalue weighted by molar-refractivity contribution is -0.460. The van der Waals surface area contributed by atoms with E-state index >= 15 is 0 Å². The molecule has 1 aromatic carbocycles. The molecule has 0 bridgehead atoms. The average molecular weight is 629 g/mol. The summed E-state index contributed by atoms with van der Waals surface area (Å²) in [5.41, 5.74) is 1.89. The van der Waals surface area contributed by atoms with Gasteiger partial charge in [0.15, 0.2) is 11.6 Å². The smallest absolute Gasteiger partial charge is 0.483 e. The Morgan fingerprint density at radius 2 is 1.37 bits per heavy atom. The lowest BCUT2D eigenvalue weighted by Gasteiger charge is -2.24. The predicted octanol–water partition coefficient (Wildman–Crippen LogP) is 9.50. The SMILES string of the molecule is CCCCCCC(F)CCCOc1cnc(-c2ccc(CCCCCCOCC(F)(F)OC(F)(F)C(F)(F)F)cc2)nc1. The molecule has 1 heterocycles. The molecule has 2 rings (SSSR count). The number of benzene rings is 1. The van der Waals surface area contributed by atoms with Crippen LogP contribution in [0.1, 0.15) is 83.1 Å². The van der Waals surface area contributed by atoms with Gasteiger partial charge >= 0.3 is 18.4 Å². The van der Waals surface area contributed by atoms with Crippen molar-refractivity contribution in [3.05, 3.63) is 42.2 Å². The molecule has 0 fully saturated rings. The molecule has 1 aromatic heterocycles. The van der Waals surface area contributed by atoms with E-state index in [2.05, 4.69) is 26.4 Å². The van der Waals surface area contributed by atoms with Gasteiger partial charge in [0.25, 0.3) is 0 Å². The minimum Gasteiger partial charge on any atom is -0.490 e. The molecular weight excluding hydrogens is 588 g/mol. The van der Waals surface area contributed by atoms with Crippen LogP contribution in [0.4, 0.5) is 35.1 Å². The number of aromatic nitrogens is 2. The van der Waals surface area contributed by atoms with Crippen molar-refractivity contribution in [3.63, 3.8) is 0 Å². The maximum Gasteiger partial charge on any atom is 0.483 e. The highest BCUT2D eigenvalue weighted by Crippen LogP contribution is 2.40. The van der Waals surface area contributed by atoms with Crippen LogP contribution in [0.5, 0.6) is 5.75 Å². The normalized spacial score (nSPS) is 13.3. The van der Waals surface area contributed by atoms with Crippen LogP contribution in [0.15, 0.2) is 36.7 Å². The number of hydrogen-bond donors (Lipinski definition) is 0. The molecule has 13 heteroatoms. The first-order valence-electron chi connectivity index (χ1n) is 14.6. The van der Waals surface area contributed by atoms with Gasteiger partial charge in [-0.1, -0.05) is 69.7 Å². The van der Waals surface area contributed by atoms with E-state index in [1.807, 2.05) is 24.3 Å². The van der Waals surface area contributed by atoms with Gasteiger partial charge in [-0.25, -0.2) is 19.1 Å². The van der Waals surface area contributed by atoms with Crippen molar-refractivity contribution in [3.8, 4) is 17.1 Å². The molecule has 0 aliphatic heterocycles. The predicted molar refractivity (Wildman–Crippen MR) is 146 cm³/mol. The zero-order valence-corrected chi connectivity index (χ0v) is 24.3. The molecule has 0 N–H and O–H groups in total. The number of nitrogens with zero attached hydrogens (tertiary/aromatic N) is 2. The molecule has 0 amide bonds. The first-order chi connectivity index (χ1) is 20.3. The second-order valence-electron chi connectivity index (χ2n) is 10.3. The molecule has 244 valence electrons. The summed E-state index contributed by atoms with van der Waals surface area (Å²) in [6.45, 7) is 0.596. The highest BCUT2D eigenvalue weighted by Gasteiger charge is 2.63. The molecule has 43 heavy (non-hydrogen) atoms. The average Bonchev–Trinajstić information content (AvgIpc) is 2.94. The maximum absolute atomic E-state index is 13.9. The molecule has 0 saturated heterocycles. The summed E-state index contributed by atoms with van der Waals surface area (Å²) in [5, 5.41) is 0. The van der Waals surface area contributed by atoms with Gasteiger partial charge in [0.05, 0.1) is 19.0 Å². The van der Waals surface area contributed by atoms with Crippen molar-refractivity contribution in [2.75, 3.05) is 19.8 Å². The quantitative estimate of drug-likeness (QED) is 0.0961. The monoisotopic (exact) mass is 628 g/mol. The number of halogens is 8. The van der Waals surface area contributed by atoms with E-state index in [0.29, 0.717) is 50.3 Å². The Morgan fingerprint density at radius 3 is 2.02 bits per heavy atom. The van der Waals surface area contributed by atoms with E-state index in [9.17, 15) is 35.1 Å². The summed E-state index contributed by atoms with van der Waals surface area (Å²) < 4.78 is 114. The molecule has 1 unspecified atom stereocenters. The fourth-order valence-corrected chi connectivity index (χ4v) is 4.14. The van der Waals surface area contributed by atoms with Gasteiger partial charge in [-0.05, 0) is 44.1 Å². The minimum atomic E-state index is -6.25. The molecule has 0 radical (unpaired) electrons. The van der Waals surface area contributed by atoms with Crippen molar-refractivity contribution in [2.45, 2.75) is 109 Å². The highest BCUT2D eigenvalue weighted by atomic mass is 19.4. The number of alkyl halides is 8. The number of hydrogen-bond acceptors (Lipinski definition) is 5. The molecule has 0 saturated carbocycles. The van der Waals surface area contributed by atoms with Crippen molar-refractivity contribution in [2.24, 2.45) is 0 Å². The zero-order valence-electron chi connectivity index (χ0n) is 24.3. The van der Waals surface area contributed by atoms with Crippen LogP contribution in [0.3, 0.4) is 0 Å². The van der Waals surface area contributed by atoms with E-state index in [0.717, 1.165) is 56.1 Å². The second kappa shape index (κ2) is 18.3. The summed E-state index contributed by atoms with van der Waals surface area (Å²) in [6, 6.07) is 7.68. The Labute approximate surface area is 247 Å². The second-order valence-corrected chi connectivity index (χ2v) is 10.3. The van der Waals surface area contributed by atoms with Gasteiger partial charge in [-0.15, -0.1) is 0 Å². The zero-order chi connectivity index (χ0) is 31.8. The first kappa shape index (κ1) is 36.7. The van der Waals surface area contributed by atoms with Gasteiger partial charge in [0.1, 0.15) is 12.8 Å². The summed E-state index contributed by atoms with van der Waals surface area (Å²) in [5.74, 6) is 1.06. The van der Waals surface area contributed by atoms with Gasteiger partial charge < -0.3 is 9.47 Å². The van der Waals surface area contributed by atoms with Crippen LogP contribution >= 0.6 is 0 Å². The number of rotatable bonds is 22. The third-order valence-corrected chi connectivity index (χ3v) is 6.52. The van der Waals surface area contributed by atoms with Crippen molar-refractivity contribution < 1.29 is 49.3 Å². The maximum atomic E-state index is 13.9. The Hall–Kier alpha value is -2.54. The number of ether oxygens (including phenoxy) is 3. The van der Waals surface area contributed by atoms with Crippen molar-refractivity contribution in [1.29, 1.82) is 0 Å². The van der Waals surface area contributed by atoms with Gasteiger partial charge in [0, 0.05) is 12.2 Å². The van der Waals surface area contributed by atoms with Gasteiger partial charge in [-0.2, -0.15) is 30.7 Å². The van der Waals surface area contributed by atoms with Crippen LogP contribution in [0.25, 0.3) is 11.4 Å². The topological polar surface area (TPSA) is 53.5 Å². The molecule has 0 aliphatic carbocycles. The fourth-order valence-electron chi connectivity index (χ4n) is 4.14. The Kier molecular flexibility index (Phi) is 15.6. The van der Waals surface area contributed by atoms with E-state index in [4.69, 9.17) is 4.74 Å². The lowest BCUT2D eigenvalue weighted by Crippen LogP contribution is -2.46. The largest absolute Gasteiger partial charge is 0.490 e. The van der Waals surface area contributed by atoms with Crippen LogP contribution < -0.4 is 4.74 Å². The molecular formula is C30H40F8N2O3. The Morgan fingerprint density at radius 1 is 0.744 bits per heavy atom. The third kappa shape index (κ3) is 14.7. The van der Waals surface area contributed by atoms with E-state index < -0.39 is 31.2 Å². The Bertz CT molecular complexity index is 1020. The number of aryl methyl sites for hydroxylation is 1. The Balaban J connectivity index is 1.59. The fraction of sp³-hybridized carbons (Fsp3) is 0.667. The summed E-state index contributed by atoms with van der Waals surface area (Å²) in [7, 11) is 0. The summed E-state index contributed by atoms with van der Waals surface area (Å²) >= 11 is 0. The molecule has 0 spiro atoms. The van der Waals surface area contributed by atoms with Gasteiger partial charge in [0.2, 0.25) is 0 Å². The lowest BCUT2D eigenvalue weighted by atomic mass is 10.0. The standard InChI is InChI=1S/C30H40F8N2O3/c1-2-3-4-8-12-25(31)13-10-19-42-26-20-39-27(40-21-26)24-16-14-23(15-17-24)11-7-5-6-9-18-41-22-28(32,33)43-30(37,38)29(34,35)36/h14-17,20-21,25H,2-13,18-19,22H2,1H3. The first-order valence-corrected chi connectivity index (χ1v) is 14.6. The third-order valence-electron chi connectivity index (χ3n) is 6.52. The molecule has 0 aliphatic rings. The van der Waals surface area contributed by atoms with Crippen molar-refractivity contribution in [1.82, 2.24) is 9.97 Å². The van der Waals surface area contributed by atoms with E-state index in [1.165, 1.54) is 0 Å². The number of unbranched alkanes of at least 4 members (excludes halogenated alkanes) is 6. The summed E-state index contributed by atoms with van der Waals surface area (Å²) in [6.07, 6.45) is -5.43. The van der Waals surface area contributed by atoms with Crippen molar-refractivity contribution >= 4 is 0 Å². The summed E-state index contributed by atoms with van der Waals surface area (Å²) in [4.78, 5) is 8.68. The van der Waals surface area contributed by atoms with E-state index in [-0.39, 0.29) is 6.61 Å².